The first-order valence-electron chi connectivity index (χ1n) is 11.2. The Labute approximate surface area is 210 Å². The summed E-state index contributed by atoms with van der Waals surface area (Å²) < 4.78 is 6.84. The Kier molecular flexibility index (Phi) is 8.82. The molecule has 3 aromatic rings. The summed E-state index contributed by atoms with van der Waals surface area (Å²) in [6.45, 7) is 5.94. The number of halogens is 1. The molecule has 0 fully saturated rings. The van der Waals surface area contributed by atoms with Crippen molar-refractivity contribution in [1.82, 2.24) is 9.78 Å². The van der Waals surface area contributed by atoms with Crippen LogP contribution in [0.3, 0.4) is 0 Å². The van der Waals surface area contributed by atoms with Gasteiger partial charge in [0.25, 0.3) is 5.91 Å². The molecule has 0 aliphatic heterocycles. The number of anilines is 1. The minimum atomic E-state index is -0.676. The number of benzene rings is 2. The van der Waals surface area contributed by atoms with E-state index in [1.54, 1.807) is 11.6 Å². The van der Waals surface area contributed by atoms with Crippen LogP contribution in [-0.4, -0.2) is 34.8 Å². The van der Waals surface area contributed by atoms with Gasteiger partial charge in [0.2, 0.25) is 0 Å². The van der Waals surface area contributed by atoms with E-state index < -0.39 is 18.5 Å². The van der Waals surface area contributed by atoms with Crippen molar-refractivity contribution in [1.29, 1.82) is 5.26 Å². The summed E-state index contributed by atoms with van der Waals surface area (Å²) in [5, 5.41) is 13.8. The highest BCUT2D eigenvalue weighted by atomic mass is 35.5. The third-order valence-corrected chi connectivity index (χ3v) is 5.67. The number of hydrogen-bond donors (Lipinski definition) is 0. The Morgan fingerprint density at radius 1 is 1.14 bits per heavy atom. The molecule has 180 valence electrons. The Hall–Kier alpha value is -3.89. The second-order valence-corrected chi connectivity index (χ2v) is 8.53. The highest BCUT2D eigenvalue weighted by Gasteiger charge is 2.18. The predicted octanol–water partition coefficient (Wildman–Crippen LogP) is 5.01. The zero-order valence-electron chi connectivity index (χ0n) is 20.0. The lowest BCUT2D eigenvalue weighted by Crippen LogP contribution is -2.35. The smallest absolute Gasteiger partial charge is 0.331 e. The molecule has 0 N–H and O–H groups in total. The minimum Gasteiger partial charge on any atom is -0.452 e. The van der Waals surface area contributed by atoms with Gasteiger partial charge >= 0.3 is 5.97 Å². The summed E-state index contributed by atoms with van der Waals surface area (Å²) in [6, 6.07) is 17.6. The summed E-state index contributed by atoms with van der Waals surface area (Å²) in [4.78, 5) is 26.6. The van der Waals surface area contributed by atoms with Crippen LogP contribution in [0.2, 0.25) is 5.15 Å². The van der Waals surface area contributed by atoms with Gasteiger partial charge in [-0.05, 0) is 55.7 Å². The molecule has 0 aliphatic rings. The third kappa shape index (κ3) is 7.05. The van der Waals surface area contributed by atoms with Crippen LogP contribution >= 0.6 is 11.6 Å². The first-order valence-corrected chi connectivity index (χ1v) is 11.5. The number of esters is 1. The fraction of sp³-hybridized carbons (Fsp3) is 0.259. The fourth-order valence-electron chi connectivity index (χ4n) is 3.69. The molecule has 1 amide bonds. The summed E-state index contributed by atoms with van der Waals surface area (Å²) in [6.07, 6.45) is 2.93. The number of nitriles is 1. The number of carbonyl (C=O) groups excluding carboxylic acids is 2. The summed E-state index contributed by atoms with van der Waals surface area (Å²) in [7, 11) is 0. The number of rotatable bonds is 9. The van der Waals surface area contributed by atoms with Gasteiger partial charge in [0, 0.05) is 23.9 Å². The highest BCUT2D eigenvalue weighted by Crippen LogP contribution is 2.23. The van der Waals surface area contributed by atoms with Crippen molar-refractivity contribution in [2.24, 2.45) is 0 Å². The molecule has 1 heterocycles. The molecule has 0 radical (unpaired) electrons. The van der Waals surface area contributed by atoms with Crippen molar-refractivity contribution < 1.29 is 14.3 Å². The quantitative estimate of drug-likeness (QED) is 0.310. The minimum absolute atomic E-state index is 0.164. The van der Waals surface area contributed by atoms with Gasteiger partial charge in [-0.1, -0.05) is 48.0 Å². The second-order valence-electron chi connectivity index (χ2n) is 8.17. The predicted molar refractivity (Wildman–Crippen MR) is 136 cm³/mol. The van der Waals surface area contributed by atoms with Gasteiger partial charge in [-0.25, -0.2) is 9.48 Å². The molecule has 7 nitrogen and oxygen atoms in total. The molecule has 3 rings (SSSR count). The molecule has 0 bridgehead atoms. The molecule has 0 atom stereocenters. The van der Waals surface area contributed by atoms with E-state index >= 15 is 0 Å². The standard InChI is InChI=1S/C27H27ClN4O3/c1-19-14-20(2)16-23(15-19)31(13-7-12-29)25(33)18-35-26(34)11-10-24-21(3)30-32(27(24)28)17-22-8-5-4-6-9-22/h4-6,8-11,14-16H,7,13,17-18H2,1-3H3/b11-10+. The van der Waals surface area contributed by atoms with Crippen LogP contribution in [0.25, 0.3) is 6.08 Å². The van der Waals surface area contributed by atoms with Gasteiger partial charge in [-0.2, -0.15) is 10.4 Å². The number of aryl methyl sites for hydroxylation is 3. The fourth-order valence-corrected chi connectivity index (χ4v) is 3.99. The maximum atomic E-state index is 12.8. The van der Waals surface area contributed by atoms with Gasteiger partial charge in [0.1, 0.15) is 5.15 Å². The van der Waals surface area contributed by atoms with E-state index in [1.165, 1.54) is 17.1 Å². The number of nitrogens with zero attached hydrogens (tertiary/aromatic N) is 4. The van der Waals surface area contributed by atoms with E-state index in [9.17, 15) is 9.59 Å². The van der Waals surface area contributed by atoms with Crippen LogP contribution in [0.5, 0.6) is 0 Å². The molecule has 0 aliphatic carbocycles. The van der Waals surface area contributed by atoms with Gasteiger partial charge < -0.3 is 9.64 Å². The highest BCUT2D eigenvalue weighted by molar-refractivity contribution is 6.31. The zero-order valence-corrected chi connectivity index (χ0v) is 20.7. The van der Waals surface area contributed by atoms with Crippen LogP contribution in [-0.2, 0) is 20.9 Å². The molecule has 0 spiro atoms. The molecular weight excluding hydrogens is 464 g/mol. The van der Waals surface area contributed by atoms with Crippen molar-refractivity contribution in [3.8, 4) is 6.07 Å². The lowest BCUT2D eigenvalue weighted by Gasteiger charge is -2.22. The van der Waals surface area contributed by atoms with Crippen LogP contribution in [0.4, 0.5) is 5.69 Å². The normalized spacial score (nSPS) is 10.8. The summed E-state index contributed by atoms with van der Waals surface area (Å²) in [5.41, 5.74) is 4.99. The molecule has 0 unspecified atom stereocenters. The van der Waals surface area contributed by atoms with Crippen molar-refractivity contribution in [3.05, 3.63) is 87.7 Å². The molecule has 8 heteroatoms. The van der Waals surface area contributed by atoms with E-state index in [2.05, 4.69) is 5.10 Å². The van der Waals surface area contributed by atoms with Crippen LogP contribution in [0, 0.1) is 32.1 Å². The monoisotopic (exact) mass is 490 g/mol. The average Bonchev–Trinajstić information content (AvgIpc) is 3.08. The Morgan fingerprint density at radius 2 is 1.83 bits per heavy atom. The number of hydrogen-bond acceptors (Lipinski definition) is 5. The first-order chi connectivity index (χ1) is 16.8. The second kappa shape index (κ2) is 12.0. The van der Waals surface area contributed by atoms with Gasteiger partial charge in [-0.3, -0.25) is 4.79 Å². The van der Waals surface area contributed by atoms with E-state index in [4.69, 9.17) is 21.6 Å². The molecule has 1 aromatic heterocycles. The van der Waals surface area contributed by atoms with Crippen LogP contribution in [0.1, 0.15) is 34.4 Å². The van der Waals surface area contributed by atoms with Gasteiger partial charge in [0.05, 0.1) is 24.7 Å². The molecule has 2 aromatic carbocycles. The third-order valence-electron chi connectivity index (χ3n) is 5.27. The summed E-state index contributed by atoms with van der Waals surface area (Å²) in [5.74, 6) is -1.08. The van der Waals surface area contributed by atoms with Gasteiger partial charge in [-0.15, -0.1) is 0 Å². The zero-order chi connectivity index (χ0) is 25.4. The Morgan fingerprint density at radius 3 is 2.49 bits per heavy atom. The molecule has 0 saturated carbocycles. The van der Waals surface area contributed by atoms with E-state index in [0.29, 0.717) is 28.6 Å². The lowest BCUT2D eigenvalue weighted by atomic mass is 10.1. The maximum Gasteiger partial charge on any atom is 0.331 e. The molecular formula is C27H27ClN4O3. The van der Waals surface area contributed by atoms with Crippen molar-refractivity contribution >= 4 is 35.2 Å². The van der Waals surface area contributed by atoms with E-state index in [-0.39, 0.29) is 13.0 Å². The van der Waals surface area contributed by atoms with Gasteiger partial charge in [0.15, 0.2) is 6.61 Å². The van der Waals surface area contributed by atoms with E-state index in [0.717, 1.165) is 16.7 Å². The SMILES string of the molecule is Cc1cc(C)cc(N(CCC#N)C(=O)COC(=O)/C=C/c2c(C)nn(Cc3ccccc3)c2Cl)c1. The number of ether oxygens (including phenoxy) is 1. The topological polar surface area (TPSA) is 88.2 Å². The molecule has 35 heavy (non-hydrogen) atoms. The number of aromatic nitrogens is 2. The van der Waals surface area contributed by atoms with Crippen molar-refractivity contribution in [3.63, 3.8) is 0 Å². The number of carbonyl (C=O) groups is 2. The molecule has 0 saturated heterocycles. The lowest BCUT2D eigenvalue weighted by molar-refractivity contribution is -0.142. The van der Waals surface area contributed by atoms with E-state index in [1.807, 2.05) is 68.4 Å². The van der Waals surface area contributed by atoms with Crippen LogP contribution < -0.4 is 4.90 Å². The van der Waals surface area contributed by atoms with Crippen molar-refractivity contribution in [2.75, 3.05) is 18.1 Å². The largest absolute Gasteiger partial charge is 0.452 e. The van der Waals surface area contributed by atoms with Crippen LogP contribution in [0.15, 0.2) is 54.6 Å². The Bertz CT molecular complexity index is 1260. The Balaban J connectivity index is 1.65. The first kappa shape index (κ1) is 25.7. The average molecular weight is 491 g/mol. The van der Waals surface area contributed by atoms with Crippen molar-refractivity contribution in [2.45, 2.75) is 33.7 Å². The summed E-state index contributed by atoms with van der Waals surface area (Å²) >= 11 is 6.48. The number of amides is 1. The maximum absolute atomic E-state index is 12.8.